The van der Waals surface area contributed by atoms with Gasteiger partial charge in [-0.2, -0.15) is 0 Å². The van der Waals surface area contributed by atoms with Crippen LogP contribution in [0.15, 0.2) is 24.3 Å². The molecule has 2 aromatic rings. The number of carbonyl (C=O) groups excluding carboxylic acids is 1. The minimum absolute atomic E-state index is 0.0298. The molecule has 1 saturated carbocycles. The molecular formula is C20H23F2NO4. The van der Waals surface area contributed by atoms with E-state index in [1.54, 1.807) is 28.8 Å². The van der Waals surface area contributed by atoms with Crippen LogP contribution < -0.4 is 0 Å². The van der Waals surface area contributed by atoms with E-state index < -0.39 is 18.2 Å². The van der Waals surface area contributed by atoms with Gasteiger partial charge in [-0.05, 0) is 24.8 Å². The van der Waals surface area contributed by atoms with Gasteiger partial charge in [0.15, 0.2) is 5.79 Å². The molecule has 4 rings (SSSR count). The molecule has 2 heterocycles. The van der Waals surface area contributed by atoms with Crippen molar-refractivity contribution in [1.29, 1.82) is 0 Å². The summed E-state index contributed by atoms with van der Waals surface area (Å²) in [6, 6.07) is 7.01. The number of aromatic nitrogens is 1. The van der Waals surface area contributed by atoms with Crippen LogP contribution in [0.5, 0.6) is 0 Å². The van der Waals surface area contributed by atoms with Crippen molar-refractivity contribution < 1.29 is 27.8 Å². The number of methoxy groups -OCH3 is 1. The van der Waals surface area contributed by atoms with Crippen LogP contribution in [0.3, 0.4) is 0 Å². The minimum Gasteiger partial charge on any atom is -0.465 e. The fourth-order valence-corrected chi connectivity index (χ4v) is 4.41. The Labute approximate surface area is 156 Å². The van der Waals surface area contributed by atoms with E-state index in [-0.39, 0.29) is 17.2 Å². The predicted octanol–water partition coefficient (Wildman–Crippen LogP) is 4.30. The first-order valence-corrected chi connectivity index (χ1v) is 9.30. The van der Waals surface area contributed by atoms with E-state index in [4.69, 9.17) is 14.2 Å². The number of benzene rings is 1. The molecule has 0 atom stereocenters. The fraction of sp³-hybridized carbons (Fsp3) is 0.550. The van der Waals surface area contributed by atoms with Crippen LogP contribution in [-0.2, 0) is 20.8 Å². The van der Waals surface area contributed by atoms with Crippen LogP contribution in [0.25, 0.3) is 10.9 Å². The zero-order chi connectivity index (χ0) is 19.0. The lowest BCUT2D eigenvalue weighted by molar-refractivity contribution is -0.183. The number of fused-ring (bicyclic) bond motifs is 1. The maximum Gasteiger partial charge on any atom is 0.340 e. The number of rotatable bonds is 4. The summed E-state index contributed by atoms with van der Waals surface area (Å²) in [6.45, 7) is 1.67. The van der Waals surface area contributed by atoms with Crippen LogP contribution in [0.4, 0.5) is 8.78 Å². The maximum absolute atomic E-state index is 13.9. The van der Waals surface area contributed by atoms with Gasteiger partial charge in [0.05, 0.1) is 25.9 Å². The number of hydrogen-bond acceptors (Lipinski definition) is 4. The van der Waals surface area contributed by atoms with Gasteiger partial charge in [-0.15, -0.1) is 0 Å². The molecule has 0 bridgehead atoms. The molecule has 0 N–H and O–H groups in total. The third kappa shape index (κ3) is 3.23. The van der Waals surface area contributed by atoms with Crippen LogP contribution in [0, 0.1) is 5.92 Å². The molecule has 1 spiro atoms. The SMILES string of the molecule is COC(=O)c1c(C(F)F)n(CC2CCC3(CC2)OCCO3)c2ccccc12. The van der Waals surface area contributed by atoms with E-state index >= 15 is 0 Å². The summed E-state index contributed by atoms with van der Waals surface area (Å²) in [5.41, 5.74) is 0.358. The quantitative estimate of drug-likeness (QED) is 0.744. The molecule has 7 heteroatoms. The van der Waals surface area contributed by atoms with Gasteiger partial charge in [0, 0.05) is 30.3 Å². The largest absolute Gasteiger partial charge is 0.465 e. The van der Waals surface area contributed by atoms with Gasteiger partial charge in [-0.1, -0.05) is 18.2 Å². The molecule has 0 unspecified atom stereocenters. The topological polar surface area (TPSA) is 49.7 Å². The molecule has 0 radical (unpaired) electrons. The normalized spacial score (nSPS) is 20.0. The lowest BCUT2D eigenvalue weighted by Crippen LogP contribution is -2.36. The van der Waals surface area contributed by atoms with Crippen molar-refractivity contribution in [3.8, 4) is 0 Å². The summed E-state index contributed by atoms with van der Waals surface area (Å²) in [5.74, 6) is -0.976. The first-order valence-electron chi connectivity index (χ1n) is 9.30. The van der Waals surface area contributed by atoms with Gasteiger partial charge in [0.2, 0.25) is 0 Å². The molecule has 1 aromatic heterocycles. The number of halogens is 2. The van der Waals surface area contributed by atoms with E-state index in [0.717, 1.165) is 25.7 Å². The summed E-state index contributed by atoms with van der Waals surface area (Å²) < 4.78 is 45.8. The second kappa shape index (κ2) is 7.20. The number of ether oxygens (including phenoxy) is 3. The van der Waals surface area contributed by atoms with Crippen LogP contribution in [0.2, 0.25) is 0 Å². The van der Waals surface area contributed by atoms with Crippen molar-refractivity contribution in [1.82, 2.24) is 4.57 Å². The summed E-state index contributed by atoms with van der Waals surface area (Å²) in [4.78, 5) is 12.2. The summed E-state index contributed by atoms with van der Waals surface area (Å²) in [7, 11) is 1.21. The Morgan fingerprint density at radius 3 is 2.56 bits per heavy atom. The van der Waals surface area contributed by atoms with Crippen LogP contribution in [-0.4, -0.2) is 36.6 Å². The Morgan fingerprint density at radius 2 is 1.93 bits per heavy atom. The van der Waals surface area contributed by atoms with E-state index in [1.807, 2.05) is 0 Å². The number of hydrogen-bond donors (Lipinski definition) is 0. The Hall–Kier alpha value is -1.99. The van der Waals surface area contributed by atoms with E-state index in [9.17, 15) is 13.6 Å². The van der Waals surface area contributed by atoms with Crippen molar-refractivity contribution in [3.05, 3.63) is 35.5 Å². The highest BCUT2D eigenvalue weighted by atomic mass is 19.3. The highest BCUT2D eigenvalue weighted by Gasteiger charge is 2.40. The zero-order valence-electron chi connectivity index (χ0n) is 15.2. The number of alkyl halides is 2. The smallest absolute Gasteiger partial charge is 0.340 e. The van der Waals surface area contributed by atoms with Crippen molar-refractivity contribution in [3.63, 3.8) is 0 Å². The first-order chi connectivity index (χ1) is 13.0. The number of esters is 1. The Morgan fingerprint density at radius 1 is 1.26 bits per heavy atom. The summed E-state index contributed by atoms with van der Waals surface area (Å²) >= 11 is 0. The number of para-hydroxylation sites is 1. The summed E-state index contributed by atoms with van der Waals surface area (Å²) in [5, 5.41) is 0.509. The molecule has 146 valence electrons. The Kier molecular flexibility index (Phi) is 4.90. The fourth-order valence-electron chi connectivity index (χ4n) is 4.41. The number of carbonyl (C=O) groups is 1. The van der Waals surface area contributed by atoms with Crippen LogP contribution >= 0.6 is 0 Å². The molecule has 2 aliphatic rings. The lowest BCUT2D eigenvalue weighted by Gasteiger charge is -2.35. The zero-order valence-corrected chi connectivity index (χ0v) is 15.2. The van der Waals surface area contributed by atoms with Gasteiger partial charge in [0.25, 0.3) is 6.43 Å². The highest BCUT2D eigenvalue weighted by molar-refractivity contribution is 6.06. The minimum atomic E-state index is -2.76. The van der Waals surface area contributed by atoms with Crippen molar-refractivity contribution in [2.75, 3.05) is 20.3 Å². The lowest BCUT2D eigenvalue weighted by atomic mass is 9.85. The average molecular weight is 379 g/mol. The second-order valence-corrected chi connectivity index (χ2v) is 7.23. The number of nitrogens with zero attached hydrogens (tertiary/aromatic N) is 1. The highest BCUT2D eigenvalue weighted by Crippen LogP contribution is 2.40. The van der Waals surface area contributed by atoms with Gasteiger partial charge < -0.3 is 18.8 Å². The molecule has 1 aliphatic carbocycles. The van der Waals surface area contributed by atoms with Crippen LogP contribution in [0.1, 0.15) is 48.2 Å². The predicted molar refractivity (Wildman–Crippen MR) is 94.8 cm³/mol. The van der Waals surface area contributed by atoms with Gasteiger partial charge >= 0.3 is 5.97 Å². The van der Waals surface area contributed by atoms with Gasteiger partial charge in [-0.25, -0.2) is 13.6 Å². The van der Waals surface area contributed by atoms with E-state index in [2.05, 4.69) is 0 Å². The standard InChI is InChI=1S/C20H23F2NO4/c1-25-19(24)16-14-4-2-3-5-15(14)23(17(16)18(21)22)12-13-6-8-20(9-7-13)26-10-11-27-20/h2-5,13,18H,6-12H2,1H3. The van der Waals surface area contributed by atoms with Gasteiger partial charge in [-0.3, -0.25) is 0 Å². The third-order valence-electron chi connectivity index (χ3n) is 5.73. The van der Waals surface area contributed by atoms with Gasteiger partial charge in [0.1, 0.15) is 5.69 Å². The molecular weight excluding hydrogens is 356 g/mol. The van der Waals surface area contributed by atoms with Crippen molar-refractivity contribution in [2.45, 2.75) is 44.4 Å². The summed E-state index contributed by atoms with van der Waals surface area (Å²) in [6.07, 6.45) is 0.448. The third-order valence-corrected chi connectivity index (χ3v) is 5.73. The Bertz CT molecular complexity index is 832. The first kappa shape index (κ1) is 18.4. The molecule has 0 amide bonds. The maximum atomic E-state index is 13.9. The average Bonchev–Trinajstić information content (AvgIpc) is 3.26. The molecule has 1 saturated heterocycles. The second-order valence-electron chi connectivity index (χ2n) is 7.23. The van der Waals surface area contributed by atoms with E-state index in [1.165, 1.54) is 7.11 Å². The molecule has 5 nitrogen and oxygen atoms in total. The van der Waals surface area contributed by atoms with Crippen molar-refractivity contribution >= 4 is 16.9 Å². The molecule has 27 heavy (non-hydrogen) atoms. The monoisotopic (exact) mass is 379 g/mol. The molecule has 1 aliphatic heterocycles. The molecule has 1 aromatic carbocycles. The molecule has 2 fully saturated rings. The van der Waals surface area contributed by atoms with Crippen molar-refractivity contribution in [2.24, 2.45) is 5.92 Å². The van der Waals surface area contributed by atoms with E-state index in [0.29, 0.717) is 30.7 Å². The Balaban J connectivity index is 1.67.